The first kappa shape index (κ1) is 20.3. The van der Waals surface area contributed by atoms with E-state index in [-0.39, 0.29) is 17.0 Å². The van der Waals surface area contributed by atoms with E-state index in [0.29, 0.717) is 23.3 Å². The lowest BCUT2D eigenvalue weighted by molar-refractivity contribution is 0.103. The van der Waals surface area contributed by atoms with Gasteiger partial charge in [0.2, 0.25) is 12.2 Å². The van der Waals surface area contributed by atoms with Gasteiger partial charge < -0.3 is 10.2 Å². The molecule has 0 saturated carbocycles. The summed E-state index contributed by atoms with van der Waals surface area (Å²) in [5, 5.41) is 3.51. The molecule has 150 valence electrons. The van der Waals surface area contributed by atoms with Crippen LogP contribution in [0.5, 0.6) is 0 Å². The summed E-state index contributed by atoms with van der Waals surface area (Å²) < 4.78 is 26.0. The van der Waals surface area contributed by atoms with E-state index < -0.39 is 12.8 Å². The number of aromatic nitrogens is 2. The third-order valence-electron chi connectivity index (χ3n) is 4.81. The molecule has 0 bridgehead atoms. The fourth-order valence-electron chi connectivity index (χ4n) is 3.58. The van der Waals surface area contributed by atoms with Gasteiger partial charge in [-0.25, -0.2) is 13.8 Å². The van der Waals surface area contributed by atoms with E-state index in [9.17, 15) is 13.6 Å². The second kappa shape index (κ2) is 9.19. The molecule has 1 atom stereocenters. The predicted octanol–water partition coefficient (Wildman–Crippen LogP) is 3.34. The zero-order valence-electron chi connectivity index (χ0n) is 16.2. The van der Waals surface area contributed by atoms with Crippen molar-refractivity contribution >= 4 is 11.6 Å². The number of nitrogens with zero attached hydrogens (tertiary/aromatic N) is 3. The van der Waals surface area contributed by atoms with Crippen LogP contribution in [0, 0.1) is 5.92 Å². The van der Waals surface area contributed by atoms with Crippen LogP contribution in [0.4, 0.5) is 14.6 Å². The van der Waals surface area contributed by atoms with Gasteiger partial charge in [-0.2, -0.15) is 0 Å². The lowest BCUT2D eigenvalue weighted by Crippen LogP contribution is -2.51. The summed E-state index contributed by atoms with van der Waals surface area (Å²) in [6.45, 7) is 6.73. The van der Waals surface area contributed by atoms with Crippen LogP contribution >= 0.6 is 0 Å². The average Bonchev–Trinajstić information content (AvgIpc) is 2.68. The fourth-order valence-corrected chi connectivity index (χ4v) is 3.58. The molecule has 5 nitrogen and oxygen atoms in total. The number of carbonyl (C=O) groups excluding carboxylic acids is 1. The van der Waals surface area contributed by atoms with Crippen LogP contribution in [-0.2, 0) is 6.42 Å². The molecule has 0 aromatic carbocycles. The van der Waals surface area contributed by atoms with Gasteiger partial charge in [-0.3, -0.25) is 9.78 Å². The van der Waals surface area contributed by atoms with Crippen molar-refractivity contribution in [3.63, 3.8) is 0 Å². The number of anilines is 1. The second-order valence-electron chi connectivity index (χ2n) is 7.57. The fraction of sp³-hybridized carbons (Fsp3) is 0.476. The Labute approximate surface area is 164 Å². The van der Waals surface area contributed by atoms with Gasteiger partial charge in [-0.15, -0.1) is 0 Å². The third-order valence-corrected chi connectivity index (χ3v) is 4.81. The summed E-state index contributed by atoms with van der Waals surface area (Å²) in [6, 6.07) is 6.97. The van der Waals surface area contributed by atoms with Crippen molar-refractivity contribution in [2.24, 2.45) is 5.92 Å². The first-order valence-electron chi connectivity index (χ1n) is 9.65. The number of ketones is 1. The Morgan fingerprint density at radius 1 is 1.32 bits per heavy atom. The minimum atomic E-state index is -2.54. The lowest BCUT2D eigenvalue weighted by atomic mass is 10.0. The van der Waals surface area contributed by atoms with Gasteiger partial charge in [0.15, 0.2) is 0 Å². The molecule has 3 rings (SSSR count). The van der Waals surface area contributed by atoms with E-state index in [4.69, 9.17) is 0 Å². The average molecular weight is 388 g/mol. The normalized spacial score (nSPS) is 17.4. The topological polar surface area (TPSA) is 58.1 Å². The molecule has 3 heterocycles. The molecule has 1 aliphatic rings. The number of carbonyl (C=O) groups is 1. The maximum Gasteiger partial charge on any atom is 0.242 e. The molecule has 1 saturated heterocycles. The van der Waals surface area contributed by atoms with Crippen molar-refractivity contribution in [1.82, 2.24) is 15.3 Å². The van der Waals surface area contributed by atoms with Gasteiger partial charge in [-0.05, 0) is 36.1 Å². The Kier molecular flexibility index (Phi) is 6.67. The van der Waals surface area contributed by atoms with Gasteiger partial charge in [0.25, 0.3) is 0 Å². The Morgan fingerprint density at radius 2 is 2.14 bits per heavy atom. The number of piperazine rings is 1. The number of hydrogen-bond acceptors (Lipinski definition) is 5. The second-order valence-corrected chi connectivity index (χ2v) is 7.57. The first-order valence-corrected chi connectivity index (χ1v) is 9.65. The van der Waals surface area contributed by atoms with Crippen molar-refractivity contribution < 1.29 is 13.6 Å². The summed E-state index contributed by atoms with van der Waals surface area (Å²) in [6.07, 6.45) is 1.01. The number of halogens is 2. The number of pyridine rings is 2. The minimum absolute atomic E-state index is 0.0877. The third kappa shape index (κ3) is 5.10. The monoisotopic (exact) mass is 388 g/mol. The SMILES string of the molecule is CC(C)C[C@H]1CN(c2ccc(CC(F)F)c(C(=O)c3cccnc3)n2)CCN1. The maximum absolute atomic E-state index is 13.0. The highest BCUT2D eigenvalue weighted by Crippen LogP contribution is 2.22. The highest BCUT2D eigenvalue weighted by Gasteiger charge is 2.24. The Hall–Kier alpha value is -2.41. The van der Waals surface area contributed by atoms with Crippen LogP contribution < -0.4 is 10.2 Å². The highest BCUT2D eigenvalue weighted by atomic mass is 19.3. The van der Waals surface area contributed by atoms with E-state index in [0.717, 1.165) is 26.1 Å². The summed E-state index contributed by atoms with van der Waals surface area (Å²) in [4.78, 5) is 23.5. The molecule has 0 amide bonds. The Morgan fingerprint density at radius 3 is 2.82 bits per heavy atom. The molecule has 1 aliphatic heterocycles. The molecule has 0 unspecified atom stereocenters. The maximum atomic E-state index is 13.0. The Balaban J connectivity index is 1.90. The summed E-state index contributed by atoms with van der Waals surface area (Å²) in [5.74, 6) is 0.849. The molecule has 2 aromatic heterocycles. The van der Waals surface area contributed by atoms with E-state index in [1.807, 2.05) is 0 Å². The van der Waals surface area contributed by atoms with Crippen molar-refractivity contribution in [2.75, 3.05) is 24.5 Å². The van der Waals surface area contributed by atoms with Crippen molar-refractivity contribution in [3.8, 4) is 0 Å². The zero-order valence-corrected chi connectivity index (χ0v) is 16.2. The largest absolute Gasteiger partial charge is 0.354 e. The standard InChI is InChI=1S/C21H26F2N4O/c1-14(2)10-17-13-27(9-8-25-17)19-6-5-15(11-18(22)23)20(26-19)21(28)16-4-3-7-24-12-16/h3-7,12,14,17-18,25H,8-11,13H2,1-2H3/t17-/m0/s1. The zero-order chi connectivity index (χ0) is 20.1. The van der Waals surface area contributed by atoms with Crippen LogP contribution in [0.2, 0.25) is 0 Å². The molecule has 7 heteroatoms. The van der Waals surface area contributed by atoms with Crippen molar-refractivity contribution in [3.05, 3.63) is 53.5 Å². The van der Waals surface area contributed by atoms with Gasteiger partial charge >= 0.3 is 0 Å². The number of rotatable bonds is 7. The first-order chi connectivity index (χ1) is 13.4. The van der Waals surface area contributed by atoms with E-state index in [1.54, 1.807) is 30.5 Å². The summed E-state index contributed by atoms with van der Waals surface area (Å²) in [5.41, 5.74) is 0.701. The van der Waals surface area contributed by atoms with Crippen LogP contribution in [0.3, 0.4) is 0 Å². The molecule has 28 heavy (non-hydrogen) atoms. The molecule has 0 spiro atoms. The summed E-state index contributed by atoms with van der Waals surface area (Å²) in [7, 11) is 0. The lowest BCUT2D eigenvalue weighted by Gasteiger charge is -2.35. The van der Waals surface area contributed by atoms with Gasteiger partial charge in [0.1, 0.15) is 11.5 Å². The minimum Gasteiger partial charge on any atom is -0.354 e. The van der Waals surface area contributed by atoms with Gasteiger partial charge in [-0.1, -0.05) is 19.9 Å². The molecule has 1 fully saturated rings. The Bertz CT molecular complexity index is 798. The number of hydrogen-bond donors (Lipinski definition) is 1. The highest BCUT2D eigenvalue weighted by molar-refractivity contribution is 6.08. The van der Waals surface area contributed by atoms with Gasteiger partial charge in [0.05, 0.1) is 0 Å². The molecular formula is C21H26F2N4O. The van der Waals surface area contributed by atoms with E-state index >= 15 is 0 Å². The molecule has 1 N–H and O–H groups in total. The smallest absolute Gasteiger partial charge is 0.242 e. The molecular weight excluding hydrogens is 362 g/mol. The molecule has 0 aliphatic carbocycles. The molecule has 2 aromatic rings. The van der Waals surface area contributed by atoms with Crippen molar-refractivity contribution in [2.45, 2.75) is 39.2 Å². The number of nitrogens with one attached hydrogen (secondary N) is 1. The summed E-state index contributed by atoms with van der Waals surface area (Å²) >= 11 is 0. The van der Waals surface area contributed by atoms with Crippen LogP contribution in [-0.4, -0.2) is 47.9 Å². The van der Waals surface area contributed by atoms with Crippen LogP contribution in [0.25, 0.3) is 0 Å². The predicted molar refractivity (Wildman–Crippen MR) is 105 cm³/mol. The van der Waals surface area contributed by atoms with Gasteiger partial charge in [0, 0.05) is 50.1 Å². The number of alkyl halides is 2. The quantitative estimate of drug-likeness (QED) is 0.738. The van der Waals surface area contributed by atoms with Crippen LogP contribution in [0.15, 0.2) is 36.7 Å². The molecule has 0 radical (unpaired) electrons. The van der Waals surface area contributed by atoms with Crippen molar-refractivity contribution in [1.29, 1.82) is 0 Å². The van der Waals surface area contributed by atoms with E-state index in [2.05, 4.69) is 34.0 Å². The van der Waals surface area contributed by atoms with E-state index in [1.165, 1.54) is 6.20 Å². The van der Waals surface area contributed by atoms with Crippen LogP contribution in [0.1, 0.15) is 41.9 Å².